The fourth-order valence-corrected chi connectivity index (χ4v) is 3.84. The Morgan fingerprint density at radius 3 is 3.00 bits per heavy atom. The molecule has 1 aromatic heterocycles. The maximum absolute atomic E-state index is 12.1. The van der Waals surface area contributed by atoms with Crippen LogP contribution in [0.1, 0.15) is 40.9 Å². The van der Waals surface area contributed by atoms with Gasteiger partial charge in [0, 0.05) is 10.9 Å². The lowest BCUT2D eigenvalue weighted by atomic mass is 9.81. The average Bonchev–Trinajstić information content (AvgIpc) is 2.57. The van der Waals surface area contributed by atoms with E-state index in [1.54, 1.807) is 0 Å². The molecule has 0 saturated heterocycles. The Balaban J connectivity index is 1.92. The second-order valence-corrected chi connectivity index (χ2v) is 6.05. The molecule has 2 aromatic rings. The topological polar surface area (TPSA) is 54.0 Å². The number of pyridine rings is 1. The van der Waals surface area contributed by atoms with Gasteiger partial charge in [-0.3, -0.25) is 20.6 Å². The van der Waals surface area contributed by atoms with Gasteiger partial charge in [0.25, 0.3) is 5.91 Å². The number of allylic oxidation sites excluding steroid dienone is 4. The average molecular weight is 289 g/mol. The van der Waals surface area contributed by atoms with Gasteiger partial charge in [0.1, 0.15) is 0 Å². The monoisotopic (exact) mass is 289 g/mol. The van der Waals surface area contributed by atoms with Crippen LogP contribution in [0.2, 0.25) is 0 Å². The highest BCUT2D eigenvalue weighted by molar-refractivity contribution is 6.16. The van der Waals surface area contributed by atoms with Gasteiger partial charge in [0.2, 0.25) is 0 Å². The van der Waals surface area contributed by atoms with Crippen LogP contribution in [-0.2, 0) is 6.42 Å². The van der Waals surface area contributed by atoms with Crippen molar-refractivity contribution in [2.45, 2.75) is 25.7 Å². The second-order valence-electron chi connectivity index (χ2n) is 6.05. The van der Waals surface area contributed by atoms with E-state index in [9.17, 15) is 4.79 Å². The number of anilines is 1. The molecule has 22 heavy (non-hydrogen) atoms. The van der Waals surface area contributed by atoms with Crippen molar-refractivity contribution in [3.8, 4) is 0 Å². The number of amides is 1. The van der Waals surface area contributed by atoms with E-state index in [2.05, 4.69) is 23.0 Å². The van der Waals surface area contributed by atoms with Crippen molar-refractivity contribution in [2.75, 3.05) is 5.43 Å². The largest absolute Gasteiger partial charge is 0.297 e. The number of fused-ring (bicyclic) bond motifs is 3. The van der Waals surface area contributed by atoms with Crippen molar-refractivity contribution in [3.05, 3.63) is 52.7 Å². The van der Waals surface area contributed by atoms with Gasteiger partial charge in [-0.1, -0.05) is 23.8 Å². The van der Waals surface area contributed by atoms with E-state index >= 15 is 0 Å². The smallest absolute Gasteiger partial charge is 0.270 e. The molecule has 4 nitrogen and oxygen atoms in total. The van der Waals surface area contributed by atoms with E-state index in [1.165, 1.54) is 16.7 Å². The molecule has 2 heterocycles. The molecule has 1 amide bonds. The molecule has 5 rings (SSSR count). The number of hydrazine groups is 1. The lowest BCUT2D eigenvalue weighted by Gasteiger charge is -2.29. The molecule has 0 radical (unpaired) electrons. The Morgan fingerprint density at radius 1 is 1.09 bits per heavy atom. The summed E-state index contributed by atoms with van der Waals surface area (Å²) in [6.45, 7) is 0. The van der Waals surface area contributed by atoms with E-state index in [0.29, 0.717) is 5.56 Å². The van der Waals surface area contributed by atoms with E-state index in [0.717, 1.165) is 48.0 Å². The fourth-order valence-electron chi connectivity index (χ4n) is 3.84. The first-order valence-corrected chi connectivity index (χ1v) is 7.74. The first-order valence-electron chi connectivity index (χ1n) is 7.74. The molecular formula is C18H15N3O. The minimum absolute atomic E-state index is 0.0935. The molecule has 0 saturated carbocycles. The van der Waals surface area contributed by atoms with Crippen molar-refractivity contribution in [1.82, 2.24) is 10.4 Å². The quantitative estimate of drug-likeness (QED) is 0.782. The predicted molar refractivity (Wildman–Crippen MR) is 86.4 cm³/mol. The van der Waals surface area contributed by atoms with Crippen LogP contribution in [0.5, 0.6) is 0 Å². The van der Waals surface area contributed by atoms with Crippen LogP contribution in [0.3, 0.4) is 0 Å². The molecule has 4 heteroatoms. The summed E-state index contributed by atoms with van der Waals surface area (Å²) < 4.78 is 0. The first kappa shape index (κ1) is 12.0. The Hall–Kier alpha value is -2.62. The highest BCUT2D eigenvalue weighted by Gasteiger charge is 2.28. The zero-order valence-corrected chi connectivity index (χ0v) is 12.1. The summed E-state index contributed by atoms with van der Waals surface area (Å²) in [4.78, 5) is 17.0. The number of nitrogens with zero attached hydrogens (tertiary/aromatic N) is 1. The minimum Gasteiger partial charge on any atom is -0.297 e. The van der Waals surface area contributed by atoms with Gasteiger partial charge in [-0.2, -0.15) is 0 Å². The number of hydrogen-bond acceptors (Lipinski definition) is 3. The molecule has 108 valence electrons. The van der Waals surface area contributed by atoms with E-state index < -0.39 is 0 Å². The summed E-state index contributed by atoms with van der Waals surface area (Å²) >= 11 is 0. The van der Waals surface area contributed by atoms with Gasteiger partial charge in [0.15, 0.2) is 0 Å². The van der Waals surface area contributed by atoms with Crippen LogP contribution in [0.4, 0.5) is 5.69 Å². The molecule has 1 aliphatic heterocycles. The van der Waals surface area contributed by atoms with Crippen LogP contribution in [0, 0.1) is 0 Å². The van der Waals surface area contributed by atoms with Crippen molar-refractivity contribution >= 4 is 28.1 Å². The summed E-state index contributed by atoms with van der Waals surface area (Å²) in [5.41, 5.74) is 13.7. The van der Waals surface area contributed by atoms with Crippen molar-refractivity contribution in [2.24, 2.45) is 0 Å². The van der Waals surface area contributed by atoms with Gasteiger partial charge in [0.05, 0.1) is 22.5 Å². The Kier molecular flexibility index (Phi) is 2.28. The van der Waals surface area contributed by atoms with Crippen LogP contribution in [-0.4, -0.2) is 10.9 Å². The molecule has 3 aliphatic rings. The molecule has 2 aliphatic carbocycles. The molecule has 1 aromatic carbocycles. The number of carbonyl (C=O) groups is 1. The number of nitrogens with one attached hydrogen (secondary N) is 2. The predicted octanol–water partition coefficient (Wildman–Crippen LogP) is 3.35. The third-order valence-electron chi connectivity index (χ3n) is 4.84. The third-order valence-corrected chi connectivity index (χ3v) is 4.84. The highest BCUT2D eigenvalue weighted by atomic mass is 16.2. The molecule has 0 fully saturated rings. The van der Waals surface area contributed by atoms with Crippen LogP contribution in [0.15, 0.2) is 35.9 Å². The Bertz CT molecular complexity index is 908. The third kappa shape index (κ3) is 1.47. The van der Waals surface area contributed by atoms with Gasteiger partial charge >= 0.3 is 0 Å². The zero-order valence-electron chi connectivity index (χ0n) is 12.1. The summed E-state index contributed by atoms with van der Waals surface area (Å²) in [6.07, 6.45) is 8.79. The summed E-state index contributed by atoms with van der Waals surface area (Å²) in [6, 6.07) is 5.76. The summed E-state index contributed by atoms with van der Waals surface area (Å²) in [7, 11) is 0. The van der Waals surface area contributed by atoms with Crippen LogP contribution >= 0.6 is 0 Å². The van der Waals surface area contributed by atoms with E-state index in [1.807, 2.05) is 18.2 Å². The number of rotatable bonds is 0. The van der Waals surface area contributed by atoms with Gasteiger partial charge < -0.3 is 0 Å². The SMILES string of the molecule is O=C1NNc2c3c(nc4cccc1c24)CCC1=C3C=CCC1. The normalized spacial score (nSPS) is 18.6. The summed E-state index contributed by atoms with van der Waals surface area (Å²) in [5, 5.41) is 0.942. The van der Waals surface area contributed by atoms with Gasteiger partial charge in [-0.05, 0) is 43.4 Å². The molecular weight excluding hydrogens is 274 g/mol. The van der Waals surface area contributed by atoms with E-state index in [4.69, 9.17) is 4.98 Å². The second kappa shape index (κ2) is 4.19. The lowest BCUT2D eigenvalue weighted by molar-refractivity contribution is 0.0962. The van der Waals surface area contributed by atoms with Crippen molar-refractivity contribution in [3.63, 3.8) is 0 Å². The zero-order chi connectivity index (χ0) is 14.7. The minimum atomic E-state index is -0.0935. The Morgan fingerprint density at radius 2 is 2.05 bits per heavy atom. The van der Waals surface area contributed by atoms with Gasteiger partial charge in [-0.25, -0.2) is 0 Å². The number of carbonyl (C=O) groups excluding carboxylic acids is 1. The first-order chi connectivity index (χ1) is 10.8. The Labute approximate surface area is 127 Å². The number of aryl methyl sites for hydroxylation is 1. The number of hydrogen-bond donors (Lipinski definition) is 2. The molecule has 0 spiro atoms. The molecule has 2 N–H and O–H groups in total. The van der Waals surface area contributed by atoms with Crippen molar-refractivity contribution < 1.29 is 4.79 Å². The maximum atomic E-state index is 12.1. The van der Waals surface area contributed by atoms with Gasteiger partial charge in [-0.15, -0.1) is 0 Å². The summed E-state index contributed by atoms with van der Waals surface area (Å²) in [5.74, 6) is -0.0935. The molecule has 0 bridgehead atoms. The van der Waals surface area contributed by atoms with Crippen molar-refractivity contribution in [1.29, 1.82) is 0 Å². The number of benzene rings is 1. The molecule has 0 atom stereocenters. The standard InChI is InChI=1S/C18H15N3O/c22-18-12-6-3-7-13-16(12)17(20-21-18)15-11-5-2-1-4-10(11)8-9-14(15)19-13/h2-3,5-7,20H,1,4,8-9H2,(H,21,22). The fraction of sp³-hybridized carbons (Fsp3) is 0.222. The van der Waals surface area contributed by atoms with Crippen LogP contribution in [0.25, 0.3) is 16.5 Å². The van der Waals surface area contributed by atoms with Crippen LogP contribution < -0.4 is 10.9 Å². The lowest BCUT2D eigenvalue weighted by Crippen LogP contribution is -2.34. The maximum Gasteiger partial charge on any atom is 0.270 e. The number of aromatic nitrogens is 1. The molecule has 0 unspecified atom stereocenters. The van der Waals surface area contributed by atoms with E-state index in [-0.39, 0.29) is 5.91 Å². The highest BCUT2D eigenvalue weighted by Crippen LogP contribution is 2.43.